The number of fused-ring (bicyclic) bond motifs is 5. The summed E-state index contributed by atoms with van der Waals surface area (Å²) in [5.74, 6) is 0.0934. The number of nitrogens with zero attached hydrogens (tertiary/aromatic N) is 8. The molecule has 44 heavy (non-hydrogen) atoms. The molecule has 7 rings (SSSR count). The van der Waals surface area contributed by atoms with E-state index in [4.69, 9.17) is 39.0 Å². The predicted octanol–water partition coefficient (Wildman–Crippen LogP) is -0.307. The van der Waals surface area contributed by atoms with Gasteiger partial charge in [0.25, 0.3) is 0 Å². The number of phosphoric acid groups is 1. The number of phosphoric ester groups is 1. The van der Waals surface area contributed by atoms with Crippen LogP contribution < -0.4 is 11.5 Å². The van der Waals surface area contributed by atoms with E-state index in [1.807, 2.05) is 0 Å². The van der Waals surface area contributed by atoms with Gasteiger partial charge in [0.05, 0.1) is 33.4 Å². The summed E-state index contributed by atoms with van der Waals surface area (Å²) < 4.78 is 94.2. The summed E-state index contributed by atoms with van der Waals surface area (Å²) in [6.07, 6.45) is -8.35. The van der Waals surface area contributed by atoms with Crippen LogP contribution in [-0.4, -0.2) is 101 Å². The zero-order valence-corrected chi connectivity index (χ0v) is 23.2. The molecular formula is C20H24BF2N10O9P2-. The van der Waals surface area contributed by atoms with Gasteiger partial charge in [-0.05, 0) is 0 Å². The van der Waals surface area contributed by atoms with E-state index in [-0.39, 0.29) is 34.0 Å². The highest BCUT2D eigenvalue weighted by atomic mass is 31.2. The first kappa shape index (κ1) is 29.5. The average Bonchev–Trinajstić information content (AvgIpc) is 3.73. The summed E-state index contributed by atoms with van der Waals surface area (Å²) in [6.45, 7) is -1.43. The van der Waals surface area contributed by atoms with Crippen LogP contribution in [0.1, 0.15) is 12.5 Å². The van der Waals surface area contributed by atoms with Gasteiger partial charge in [0.1, 0.15) is 55.6 Å². The number of nitrogens with two attached hydrogens (primary N) is 2. The first-order chi connectivity index (χ1) is 20.9. The second kappa shape index (κ2) is 10.7. The summed E-state index contributed by atoms with van der Waals surface area (Å²) in [5.41, 5.74) is 12.4. The molecule has 0 saturated carbocycles. The molecule has 5 N–H and O–H groups in total. The summed E-state index contributed by atoms with van der Waals surface area (Å²) in [4.78, 5) is 34.7. The lowest BCUT2D eigenvalue weighted by Gasteiger charge is -2.29. The van der Waals surface area contributed by atoms with Crippen molar-refractivity contribution in [2.45, 2.75) is 49.2 Å². The van der Waals surface area contributed by atoms with Gasteiger partial charge >= 0.3 is 7.82 Å². The van der Waals surface area contributed by atoms with Gasteiger partial charge in [0, 0.05) is 0 Å². The van der Waals surface area contributed by atoms with Gasteiger partial charge in [-0.15, -0.1) is 0 Å². The molecule has 3 saturated heterocycles. The quantitative estimate of drug-likeness (QED) is 0.184. The van der Waals surface area contributed by atoms with E-state index in [2.05, 4.69) is 29.9 Å². The first-order valence-corrected chi connectivity index (χ1v) is 15.1. The van der Waals surface area contributed by atoms with Crippen LogP contribution in [0.15, 0.2) is 25.3 Å². The Morgan fingerprint density at radius 3 is 2.00 bits per heavy atom. The van der Waals surface area contributed by atoms with Crippen molar-refractivity contribution in [1.82, 2.24) is 39.0 Å². The highest BCUT2D eigenvalue weighted by Crippen LogP contribution is 2.54. The van der Waals surface area contributed by atoms with Crippen LogP contribution in [0.25, 0.3) is 22.3 Å². The topological polar surface area (TPSA) is 249 Å². The number of ether oxygens (including phenoxy) is 2. The van der Waals surface area contributed by atoms with Crippen molar-refractivity contribution in [2.24, 2.45) is 0 Å². The maximum absolute atomic E-state index is 15.9. The molecule has 0 radical (unpaired) electrons. The third-order valence-corrected chi connectivity index (χ3v) is 8.82. The highest BCUT2D eigenvalue weighted by molar-refractivity contribution is 7.79. The van der Waals surface area contributed by atoms with E-state index in [1.54, 1.807) is 0 Å². The van der Waals surface area contributed by atoms with Crippen LogP contribution in [-0.2, 0) is 36.7 Å². The van der Waals surface area contributed by atoms with Crippen LogP contribution in [0.2, 0.25) is 0 Å². The van der Waals surface area contributed by atoms with Crippen molar-refractivity contribution in [3.63, 3.8) is 0 Å². The first-order valence-electron chi connectivity index (χ1n) is 12.5. The number of aromatic nitrogens is 8. The van der Waals surface area contributed by atoms with Gasteiger partial charge in [-0.25, -0.2) is 43.2 Å². The third-order valence-electron chi connectivity index (χ3n) is 7.06. The maximum atomic E-state index is 15.9. The van der Waals surface area contributed by atoms with Crippen LogP contribution in [0.5, 0.6) is 0 Å². The molecule has 0 spiro atoms. The molecule has 0 aliphatic carbocycles. The lowest BCUT2D eigenvalue weighted by Crippen LogP contribution is -2.34. The Labute approximate surface area is 245 Å². The number of nitrogen functional groups attached to an aromatic ring is 2. The fraction of sp³-hybridized carbons (Fsp3) is 0.500. The molecule has 2 unspecified atom stereocenters. The molecule has 236 valence electrons. The molecule has 24 heteroatoms. The molecule has 7 heterocycles. The molecule has 3 aliphatic rings. The van der Waals surface area contributed by atoms with Crippen molar-refractivity contribution >= 4 is 56.8 Å². The van der Waals surface area contributed by atoms with Crippen molar-refractivity contribution in [2.75, 3.05) is 24.7 Å². The third kappa shape index (κ3) is 5.05. The molecule has 10 atom stereocenters. The summed E-state index contributed by atoms with van der Waals surface area (Å²) in [7, 11) is -10.3. The number of rotatable bonds is 2. The van der Waals surface area contributed by atoms with E-state index in [0.29, 0.717) is 0 Å². The standard InChI is InChI=1S/C20H24BF2N10O9P2/c21-43(34)37-2-8-13(10(23)19(40-8)32-5-30-11-15(24)26-3-28-17(11)32)42-44(35,36)38-1-7-9(22)14(41-43)20(39-7)33-6-31-12-16(25)27-4-29-18(12)33/h3-10,13-14,19-20H,1-2H2,21H3,(H,35,36)(H2,24,26,28)(H2,25,27,29)/q-1/t7-,8-,9?,10-,13-,14-,19-,20-,43+/m1/s1. The van der Waals surface area contributed by atoms with Crippen molar-refractivity contribution < 1.29 is 50.4 Å². The van der Waals surface area contributed by atoms with E-state index < -0.39 is 85.3 Å². The lowest BCUT2D eigenvalue weighted by atomic mass is 10.1. The molecule has 2 bridgehead atoms. The normalized spacial score (nSPS) is 38.3. The van der Waals surface area contributed by atoms with Gasteiger partial charge < -0.3 is 39.4 Å². The fourth-order valence-electron chi connectivity index (χ4n) is 5.07. The molecule has 0 aromatic carbocycles. The molecule has 0 amide bonds. The van der Waals surface area contributed by atoms with Crippen molar-refractivity contribution in [3.05, 3.63) is 25.3 Å². The van der Waals surface area contributed by atoms with Crippen molar-refractivity contribution in [3.8, 4) is 0 Å². The van der Waals surface area contributed by atoms with E-state index >= 15 is 8.78 Å². The Kier molecular flexibility index (Phi) is 7.18. The minimum absolute atomic E-state index is 0.0384. The largest absolute Gasteiger partial charge is 0.472 e. The van der Waals surface area contributed by atoms with Crippen LogP contribution in [0.4, 0.5) is 20.4 Å². The monoisotopic (exact) mass is 659 g/mol. The maximum Gasteiger partial charge on any atom is 0.472 e. The molecule has 3 fully saturated rings. The van der Waals surface area contributed by atoms with E-state index in [0.717, 1.165) is 6.33 Å². The number of anilines is 2. The molecule has 19 nitrogen and oxygen atoms in total. The lowest BCUT2D eigenvalue weighted by molar-refractivity contribution is -0.0613. The van der Waals surface area contributed by atoms with Gasteiger partial charge in [0.15, 0.2) is 47.7 Å². The van der Waals surface area contributed by atoms with Crippen LogP contribution in [0, 0.1) is 0 Å². The highest BCUT2D eigenvalue weighted by Gasteiger charge is 2.54. The second-order valence-corrected chi connectivity index (χ2v) is 11.9. The number of alkyl halides is 2. The Morgan fingerprint density at radius 1 is 0.795 bits per heavy atom. The Balaban J connectivity index is 1.20. The average molecular weight is 659 g/mol. The minimum Gasteiger partial charge on any atom is -0.382 e. The minimum atomic E-state index is -5.08. The zero-order valence-electron chi connectivity index (χ0n) is 21.4. The SMILES string of the molecule is [BH3-][P@]1(=O)OC[C@H]2O[C@@H](n3cnc4c(N)ncnc43)[C@H](F)[C@@H]2OP(=O)(O)OC[C@H]2O[C@@H](n3cnc4c(N)ncnc43)[C@H](O1)C2F. The van der Waals surface area contributed by atoms with Gasteiger partial charge in [-0.1, -0.05) is 0 Å². The Bertz CT molecular complexity index is 1840. The Morgan fingerprint density at radius 2 is 1.36 bits per heavy atom. The number of imidazole rings is 2. The Hall–Kier alpha value is -3.20. The number of hydrogen-bond acceptors (Lipinski definition) is 16. The van der Waals surface area contributed by atoms with Gasteiger partial charge in [-0.3, -0.25) is 18.2 Å². The number of hydrogen-bond donors (Lipinski definition) is 3. The number of halogens is 2. The molecule has 3 aliphatic heterocycles. The predicted molar refractivity (Wildman–Crippen MR) is 146 cm³/mol. The van der Waals surface area contributed by atoms with Gasteiger partial charge in [0.2, 0.25) is 0 Å². The van der Waals surface area contributed by atoms with Crippen LogP contribution in [0.3, 0.4) is 0 Å². The van der Waals surface area contributed by atoms with Crippen molar-refractivity contribution in [1.29, 1.82) is 0 Å². The molecule has 4 aromatic heterocycles. The smallest absolute Gasteiger partial charge is 0.382 e. The molecular weight excluding hydrogens is 635 g/mol. The van der Waals surface area contributed by atoms with E-state index in [9.17, 15) is 14.0 Å². The summed E-state index contributed by atoms with van der Waals surface area (Å²) in [5, 5.41) is 0. The van der Waals surface area contributed by atoms with Gasteiger partial charge in [-0.2, -0.15) is 0 Å². The summed E-state index contributed by atoms with van der Waals surface area (Å²) in [6, 6.07) is 0. The zero-order chi connectivity index (χ0) is 31.0. The second-order valence-electron chi connectivity index (χ2n) is 9.61. The fourth-order valence-corrected chi connectivity index (χ4v) is 6.78. The van der Waals surface area contributed by atoms with Crippen LogP contribution >= 0.6 is 15.3 Å². The molecule has 4 aromatic rings. The summed E-state index contributed by atoms with van der Waals surface area (Å²) >= 11 is 0. The van der Waals surface area contributed by atoms with E-state index in [1.165, 1.54) is 28.1 Å².